The van der Waals surface area contributed by atoms with Crippen LogP contribution >= 0.6 is 0 Å². The highest BCUT2D eigenvalue weighted by atomic mass is 16.3. The van der Waals surface area contributed by atoms with E-state index in [9.17, 15) is 9.90 Å². The number of carbonyl (C=O) groups excluding carboxylic acids is 1. The molecule has 0 saturated heterocycles. The van der Waals surface area contributed by atoms with E-state index in [1.807, 2.05) is 62.4 Å². The van der Waals surface area contributed by atoms with Crippen LogP contribution in [0.1, 0.15) is 33.4 Å². The van der Waals surface area contributed by atoms with Crippen molar-refractivity contribution >= 4 is 16.7 Å². The minimum absolute atomic E-state index is 0.157. The van der Waals surface area contributed by atoms with Gasteiger partial charge >= 0.3 is 0 Å². The first-order valence-corrected chi connectivity index (χ1v) is 7.94. The highest BCUT2D eigenvalue weighted by molar-refractivity contribution is 5.95. The highest BCUT2D eigenvalue weighted by Gasteiger charge is 2.13. The number of fused-ring (bicyclic) bond motifs is 1. The summed E-state index contributed by atoms with van der Waals surface area (Å²) in [5.74, 6) is -0.222. The Kier molecular flexibility index (Phi) is 4.58. The van der Waals surface area contributed by atoms with Gasteiger partial charge in [0.2, 0.25) is 0 Å². The van der Waals surface area contributed by atoms with Crippen LogP contribution in [0, 0.1) is 13.8 Å². The molecule has 0 aliphatic rings. The molecule has 0 aliphatic carbocycles. The summed E-state index contributed by atoms with van der Waals surface area (Å²) in [6.07, 6.45) is -0.753. The SMILES string of the molecule is Cc1ccc(C(=O)NC[C@@H](O)c2ccc3ccccc3c2)c(C)n1. The zero-order chi connectivity index (χ0) is 17.1. The van der Waals surface area contributed by atoms with Crippen molar-refractivity contribution in [2.45, 2.75) is 20.0 Å². The number of aryl methyl sites for hydroxylation is 2. The van der Waals surface area contributed by atoms with Crippen molar-refractivity contribution in [2.75, 3.05) is 6.54 Å². The molecule has 2 N–H and O–H groups in total. The summed E-state index contributed by atoms with van der Waals surface area (Å²) in [5.41, 5.74) is 2.88. The van der Waals surface area contributed by atoms with Crippen LogP contribution in [0.5, 0.6) is 0 Å². The molecule has 0 unspecified atom stereocenters. The molecule has 1 heterocycles. The van der Waals surface area contributed by atoms with Crippen LogP contribution in [0.4, 0.5) is 0 Å². The number of aliphatic hydroxyl groups is 1. The third-order valence-electron chi connectivity index (χ3n) is 4.08. The van der Waals surface area contributed by atoms with Crippen molar-refractivity contribution in [3.8, 4) is 0 Å². The number of benzene rings is 2. The van der Waals surface area contributed by atoms with Gasteiger partial charge in [-0.05, 0) is 48.4 Å². The van der Waals surface area contributed by atoms with E-state index in [0.717, 1.165) is 22.0 Å². The number of rotatable bonds is 4. The van der Waals surface area contributed by atoms with Gasteiger partial charge in [0, 0.05) is 12.2 Å². The number of hydrogen-bond acceptors (Lipinski definition) is 3. The van der Waals surface area contributed by atoms with E-state index in [0.29, 0.717) is 11.3 Å². The quantitative estimate of drug-likeness (QED) is 0.775. The topological polar surface area (TPSA) is 62.2 Å². The van der Waals surface area contributed by atoms with E-state index in [1.54, 1.807) is 6.07 Å². The number of pyridine rings is 1. The van der Waals surface area contributed by atoms with E-state index in [2.05, 4.69) is 10.3 Å². The average molecular weight is 320 g/mol. The smallest absolute Gasteiger partial charge is 0.253 e. The summed E-state index contributed by atoms with van der Waals surface area (Å²) in [4.78, 5) is 16.6. The van der Waals surface area contributed by atoms with Crippen LogP contribution in [0.3, 0.4) is 0 Å². The molecule has 0 spiro atoms. The van der Waals surface area contributed by atoms with Gasteiger partial charge in [0.15, 0.2) is 0 Å². The zero-order valence-corrected chi connectivity index (χ0v) is 13.8. The molecule has 0 fully saturated rings. The Hall–Kier alpha value is -2.72. The lowest BCUT2D eigenvalue weighted by Crippen LogP contribution is -2.29. The lowest BCUT2D eigenvalue weighted by molar-refractivity contribution is 0.0915. The third-order valence-corrected chi connectivity index (χ3v) is 4.08. The van der Waals surface area contributed by atoms with Crippen molar-refractivity contribution in [3.63, 3.8) is 0 Å². The second kappa shape index (κ2) is 6.81. The maximum absolute atomic E-state index is 12.3. The summed E-state index contributed by atoms with van der Waals surface area (Å²) in [5, 5.41) is 15.3. The molecule has 1 amide bonds. The van der Waals surface area contributed by atoms with E-state index in [1.165, 1.54) is 0 Å². The van der Waals surface area contributed by atoms with Gasteiger partial charge < -0.3 is 10.4 Å². The van der Waals surface area contributed by atoms with Gasteiger partial charge in [0.1, 0.15) is 0 Å². The molecule has 0 saturated carbocycles. The molecule has 0 aliphatic heterocycles. The molecule has 2 aromatic carbocycles. The first kappa shape index (κ1) is 16.1. The van der Waals surface area contributed by atoms with Gasteiger partial charge in [-0.15, -0.1) is 0 Å². The van der Waals surface area contributed by atoms with E-state index in [-0.39, 0.29) is 12.5 Å². The van der Waals surface area contributed by atoms with E-state index < -0.39 is 6.10 Å². The molecule has 1 aromatic heterocycles. The molecule has 4 heteroatoms. The molecule has 0 bridgehead atoms. The van der Waals surface area contributed by atoms with Crippen molar-refractivity contribution in [2.24, 2.45) is 0 Å². The minimum atomic E-state index is -0.753. The molecule has 24 heavy (non-hydrogen) atoms. The lowest BCUT2D eigenvalue weighted by Gasteiger charge is -2.14. The number of carbonyl (C=O) groups is 1. The summed E-state index contributed by atoms with van der Waals surface area (Å²) in [6.45, 7) is 3.85. The van der Waals surface area contributed by atoms with Crippen LogP contribution in [0.2, 0.25) is 0 Å². The molecule has 1 atom stereocenters. The lowest BCUT2D eigenvalue weighted by atomic mass is 10.0. The summed E-state index contributed by atoms with van der Waals surface area (Å²) >= 11 is 0. The number of aromatic nitrogens is 1. The van der Waals surface area contributed by atoms with Gasteiger partial charge in [0.05, 0.1) is 17.4 Å². The summed E-state index contributed by atoms with van der Waals surface area (Å²) < 4.78 is 0. The molecule has 122 valence electrons. The summed E-state index contributed by atoms with van der Waals surface area (Å²) in [7, 11) is 0. The van der Waals surface area contributed by atoms with Crippen molar-refractivity contribution in [1.82, 2.24) is 10.3 Å². The maximum Gasteiger partial charge on any atom is 0.253 e. The Morgan fingerprint density at radius 3 is 2.58 bits per heavy atom. The maximum atomic E-state index is 12.3. The molecule has 4 nitrogen and oxygen atoms in total. The van der Waals surface area contributed by atoms with Gasteiger partial charge in [-0.3, -0.25) is 9.78 Å². The van der Waals surface area contributed by atoms with Gasteiger partial charge in [0.25, 0.3) is 5.91 Å². The van der Waals surface area contributed by atoms with Crippen molar-refractivity contribution < 1.29 is 9.90 Å². The molecular weight excluding hydrogens is 300 g/mol. The monoisotopic (exact) mass is 320 g/mol. The van der Waals surface area contributed by atoms with Crippen molar-refractivity contribution in [1.29, 1.82) is 0 Å². The van der Waals surface area contributed by atoms with Gasteiger partial charge in [-0.25, -0.2) is 0 Å². The molecule has 3 rings (SSSR count). The summed E-state index contributed by atoms with van der Waals surface area (Å²) in [6, 6.07) is 17.4. The minimum Gasteiger partial charge on any atom is -0.387 e. The van der Waals surface area contributed by atoms with Crippen LogP contribution in [-0.4, -0.2) is 22.5 Å². The first-order chi connectivity index (χ1) is 11.5. The second-order valence-electron chi connectivity index (χ2n) is 5.92. The number of amides is 1. The Morgan fingerprint density at radius 1 is 1.08 bits per heavy atom. The number of hydrogen-bond donors (Lipinski definition) is 2. The average Bonchev–Trinajstić information content (AvgIpc) is 2.59. The van der Waals surface area contributed by atoms with E-state index >= 15 is 0 Å². The normalized spacial score (nSPS) is 12.1. The van der Waals surface area contributed by atoms with Crippen molar-refractivity contribution in [3.05, 3.63) is 77.1 Å². The Morgan fingerprint density at radius 2 is 1.83 bits per heavy atom. The fourth-order valence-corrected chi connectivity index (χ4v) is 2.74. The van der Waals surface area contributed by atoms with Gasteiger partial charge in [-0.1, -0.05) is 36.4 Å². The van der Waals surface area contributed by atoms with E-state index in [4.69, 9.17) is 0 Å². The first-order valence-electron chi connectivity index (χ1n) is 7.94. The van der Waals surface area contributed by atoms with Crippen LogP contribution < -0.4 is 5.32 Å². The molecular formula is C20H20N2O2. The predicted octanol–water partition coefficient (Wildman–Crippen LogP) is 3.32. The van der Waals surface area contributed by atoms with Crippen LogP contribution in [0.15, 0.2) is 54.6 Å². The second-order valence-corrected chi connectivity index (χ2v) is 5.92. The Balaban J connectivity index is 1.69. The fourth-order valence-electron chi connectivity index (χ4n) is 2.74. The third kappa shape index (κ3) is 3.44. The largest absolute Gasteiger partial charge is 0.387 e. The Bertz CT molecular complexity index is 890. The Labute approximate surface area is 141 Å². The number of aliphatic hydroxyl groups excluding tert-OH is 1. The zero-order valence-electron chi connectivity index (χ0n) is 13.8. The standard InChI is InChI=1S/C20H20N2O2/c1-13-7-10-18(14(2)22-13)20(24)21-12-19(23)17-9-8-15-5-3-4-6-16(15)11-17/h3-11,19,23H,12H2,1-2H3,(H,21,24)/t19-/m1/s1. The molecule has 3 aromatic rings. The van der Waals surface area contributed by atoms with Gasteiger partial charge in [-0.2, -0.15) is 0 Å². The highest BCUT2D eigenvalue weighted by Crippen LogP contribution is 2.20. The number of nitrogens with one attached hydrogen (secondary N) is 1. The van der Waals surface area contributed by atoms with Crippen LogP contribution in [0.25, 0.3) is 10.8 Å². The molecule has 0 radical (unpaired) electrons. The fraction of sp³-hybridized carbons (Fsp3) is 0.200. The predicted molar refractivity (Wildman–Crippen MR) is 95.0 cm³/mol. The number of nitrogens with zero attached hydrogens (tertiary/aromatic N) is 1. The van der Waals surface area contributed by atoms with Crippen LogP contribution in [-0.2, 0) is 0 Å².